The Hall–Kier alpha value is -2.60. The van der Waals surface area contributed by atoms with E-state index in [4.69, 9.17) is 4.42 Å². The normalized spacial score (nSPS) is 10.7. The number of aromatic nitrogens is 1. The molecule has 2 N–H and O–H groups in total. The van der Waals surface area contributed by atoms with Crippen LogP contribution in [0.25, 0.3) is 22.0 Å². The molecule has 23 heavy (non-hydrogen) atoms. The lowest BCUT2D eigenvalue weighted by atomic mass is 10.2. The van der Waals surface area contributed by atoms with Crippen molar-refractivity contribution < 1.29 is 14.3 Å². The molecular formula is C17H16N2O3S. The van der Waals surface area contributed by atoms with Gasteiger partial charge < -0.3 is 14.8 Å². The van der Waals surface area contributed by atoms with Gasteiger partial charge in [-0.25, -0.2) is 4.98 Å². The average molecular weight is 328 g/mol. The van der Waals surface area contributed by atoms with Crippen LogP contribution in [-0.4, -0.2) is 16.0 Å². The van der Waals surface area contributed by atoms with E-state index in [-0.39, 0.29) is 11.7 Å². The summed E-state index contributed by atoms with van der Waals surface area (Å²) in [4.78, 5) is 16.6. The minimum absolute atomic E-state index is 0.0950. The number of thiazole rings is 1. The third-order valence-corrected chi connectivity index (χ3v) is 4.34. The Balaban J connectivity index is 1.86. The van der Waals surface area contributed by atoms with Crippen molar-refractivity contribution in [1.29, 1.82) is 0 Å². The first-order chi connectivity index (χ1) is 11.0. The Bertz CT molecular complexity index is 834. The van der Waals surface area contributed by atoms with Crippen LogP contribution in [-0.2, 0) is 11.3 Å². The number of carbonyl (C=O) groups excluding carboxylic acids is 1. The average Bonchev–Trinajstić information content (AvgIpc) is 3.12. The van der Waals surface area contributed by atoms with Crippen LogP contribution in [0.5, 0.6) is 5.75 Å². The molecule has 2 aromatic heterocycles. The van der Waals surface area contributed by atoms with Gasteiger partial charge in [0.05, 0.1) is 6.54 Å². The molecule has 0 atom stereocenters. The molecule has 0 aliphatic heterocycles. The highest BCUT2D eigenvalue weighted by Crippen LogP contribution is 2.34. The summed E-state index contributed by atoms with van der Waals surface area (Å²) in [5.74, 6) is 1.51. The summed E-state index contributed by atoms with van der Waals surface area (Å²) < 4.78 is 5.76. The number of rotatable bonds is 4. The van der Waals surface area contributed by atoms with E-state index in [1.165, 1.54) is 6.92 Å². The fourth-order valence-electron chi connectivity index (χ4n) is 2.16. The van der Waals surface area contributed by atoms with Gasteiger partial charge >= 0.3 is 0 Å². The van der Waals surface area contributed by atoms with Gasteiger partial charge in [-0.2, -0.15) is 0 Å². The molecule has 0 fully saturated rings. The van der Waals surface area contributed by atoms with E-state index in [1.807, 2.05) is 31.2 Å². The van der Waals surface area contributed by atoms with Crippen molar-refractivity contribution in [3.8, 4) is 27.8 Å². The standard InChI is InChI=1S/C17H16N2O3S/c1-10-16(15-8-7-14(22-15)9-18-11(2)20)19-17(23-10)12-3-5-13(21)6-4-12/h3-8,21H,9H2,1-2H3,(H,18,20). The second-order valence-electron chi connectivity index (χ2n) is 5.15. The van der Waals surface area contributed by atoms with E-state index in [0.29, 0.717) is 18.1 Å². The van der Waals surface area contributed by atoms with Crippen molar-refractivity contribution in [3.05, 3.63) is 47.0 Å². The SMILES string of the molecule is CC(=O)NCc1ccc(-c2nc(-c3ccc(O)cc3)sc2C)o1. The van der Waals surface area contributed by atoms with E-state index in [2.05, 4.69) is 10.3 Å². The van der Waals surface area contributed by atoms with Crippen LogP contribution in [0.15, 0.2) is 40.8 Å². The summed E-state index contributed by atoms with van der Waals surface area (Å²) in [5.41, 5.74) is 1.75. The lowest BCUT2D eigenvalue weighted by Crippen LogP contribution is -2.18. The molecule has 3 aromatic rings. The molecule has 0 saturated carbocycles. The maximum absolute atomic E-state index is 11.0. The quantitative estimate of drug-likeness (QED) is 0.765. The predicted molar refractivity (Wildman–Crippen MR) is 89.2 cm³/mol. The molecular weight excluding hydrogens is 312 g/mol. The third kappa shape index (κ3) is 3.43. The first-order valence-corrected chi connectivity index (χ1v) is 7.95. The Morgan fingerprint density at radius 3 is 2.70 bits per heavy atom. The maximum Gasteiger partial charge on any atom is 0.217 e. The molecule has 0 saturated heterocycles. The molecule has 0 spiro atoms. The zero-order chi connectivity index (χ0) is 16.4. The van der Waals surface area contributed by atoms with Gasteiger partial charge in [-0.05, 0) is 43.3 Å². The molecule has 0 unspecified atom stereocenters. The summed E-state index contributed by atoms with van der Waals surface area (Å²) in [5, 5.41) is 12.9. The van der Waals surface area contributed by atoms with Crippen molar-refractivity contribution >= 4 is 17.2 Å². The summed E-state index contributed by atoms with van der Waals surface area (Å²) in [6.45, 7) is 3.83. The van der Waals surface area contributed by atoms with E-state index in [1.54, 1.807) is 23.5 Å². The Labute approximate surface area is 137 Å². The highest BCUT2D eigenvalue weighted by atomic mass is 32.1. The molecule has 5 nitrogen and oxygen atoms in total. The van der Waals surface area contributed by atoms with Gasteiger partial charge in [-0.3, -0.25) is 4.79 Å². The summed E-state index contributed by atoms with van der Waals surface area (Å²) in [6, 6.07) is 10.7. The first-order valence-electron chi connectivity index (χ1n) is 7.13. The smallest absolute Gasteiger partial charge is 0.217 e. The molecule has 3 rings (SSSR count). The van der Waals surface area contributed by atoms with Gasteiger partial charge in [0.15, 0.2) is 5.76 Å². The lowest BCUT2D eigenvalue weighted by molar-refractivity contribution is -0.119. The molecule has 1 aromatic carbocycles. The van der Waals surface area contributed by atoms with Gasteiger partial charge in [-0.1, -0.05) is 0 Å². The fraction of sp³-hybridized carbons (Fsp3) is 0.176. The van der Waals surface area contributed by atoms with Gasteiger partial charge in [0.25, 0.3) is 0 Å². The summed E-state index contributed by atoms with van der Waals surface area (Å²) in [7, 11) is 0. The predicted octanol–water partition coefficient (Wildman–Crippen LogP) is 3.72. The number of aromatic hydroxyl groups is 1. The Kier molecular flexibility index (Phi) is 4.16. The van der Waals surface area contributed by atoms with Crippen LogP contribution < -0.4 is 5.32 Å². The topological polar surface area (TPSA) is 75.4 Å². The fourth-order valence-corrected chi connectivity index (χ4v) is 3.09. The molecule has 0 bridgehead atoms. The van der Waals surface area contributed by atoms with E-state index in [0.717, 1.165) is 21.1 Å². The Morgan fingerprint density at radius 2 is 2.00 bits per heavy atom. The Morgan fingerprint density at radius 1 is 1.26 bits per heavy atom. The number of aryl methyl sites for hydroxylation is 1. The van der Waals surface area contributed by atoms with E-state index >= 15 is 0 Å². The zero-order valence-corrected chi connectivity index (χ0v) is 13.6. The first kappa shape index (κ1) is 15.3. The van der Waals surface area contributed by atoms with Crippen molar-refractivity contribution in [2.45, 2.75) is 20.4 Å². The van der Waals surface area contributed by atoms with Crippen LogP contribution >= 0.6 is 11.3 Å². The number of hydrogen-bond donors (Lipinski definition) is 2. The van der Waals surface area contributed by atoms with Crippen LogP contribution in [0.3, 0.4) is 0 Å². The second-order valence-corrected chi connectivity index (χ2v) is 6.35. The number of phenols is 1. The lowest BCUT2D eigenvalue weighted by Gasteiger charge is -1.98. The number of nitrogens with one attached hydrogen (secondary N) is 1. The number of phenolic OH excluding ortho intramolecular Hbond substituents is 1. The summed E-state index contributed by atoms with van der Waals surface area (Å²) >= 11 is 1.57. The van der Waals surface area contributed by atoms with Crippen LogP contribution in [0.1, 0.15) is 17.6 Å². The van der Waals surface area contributed by atoms with Crippen molar-refractivity contribution in [2.75, 3.05) is 0 Å². The van der Waals surface area contributed by atoms with E-state index in [9.17, 15) is 9.90 Å². The van der Waals surface area contributed by atoms with Gasteiger partial charge in [0.2, 0.25) is 5.91 Å². The molecule has 2 heterocycles. The number of carbonyl (C=O) groups is 1. The number of benzene rings is 1. The number of amides is 1. The van der Waals surface area contributed by atoms with Gasteiger partial charge in [0, 0.05) is 17.4 Å². The number of furan rings is 1. The van der Waals surface area contributed by atoms with Crippen molar-refractivity contribution in [3.63, 3.8) is 0 Å². The monoisotopic (exact) mass is 328 g/mol. The zero-order valence-electron chi connectivity index (χ0n) is 12.8. The largest absolute Gasteiger partial charge is 0.508 e. The molecule has 0 radical (unpaired) electrons. The number of hydrogen-bond acceptors (Lipinski definition) is 5. The molecule has 0 aliphatic rings. The van der Waals surface area contributed by atoms with Gasteiger partial charge in [0.1, 0.15) is 22.2 Å². The number of nitrogens with zero attached hydrogens (tertiary/aromatic N) is 1. The van der Waals surface area contributed by atoms with Crippen LogP contribution in [0.2, 0.25) is 0 Å². The van der Waals surface area contributed by atoms with Crippen LogP contribution in [0.4, 0.5) is 0 Å². The molecule has 6 heteroatoms. The minimum Gasteiger partial charge on any atom is -0.508 e. The molecule has 118 valence electrons. The van der Waals surface area contributed by atoms with Crippen molar-refractivity contribution in [2.24, 2.45) is 0 Å². The highest BCUT2D eigenvalue weighted by molar-refractivity contribution is 7.15. The maximum atomic E-state index is 11.0. The second kappa shape index (κ2) is 6.26. The molecule has 1 amide bonds. The van der Waals surface area contributed by atoms with E-state index < -0.39 is 0 Å². The third-order valence-electron chi connectivity index (χ3n) is 3.32. The van der Waals surface area contributed by atoms with Crippen molar-refractivity contribution in [1.82, 2.24) is 10.3 Å². The minimum atomic E-state index is -0.0950. The highest BCUT2D eigenvalue weighted by Gasteiger charge is 2.14. The summed E-state index contributed by atoms with van der Waals surface area (Å²) in [6.07, 6.45) is 0. The molecule has 0 aliphatic carbocycles. The van der Waals surface area contributed by atoms with Crippen LogP contribution in [0, 0.1) is 6.92 Å². The van der Waals surface area contributed by atoms with Gasteiger partial charge in [-0.15, -0.1) is 11.3 Å².